The highest BCUT2D eigenvalue weighted by atomic mass is 35.5. The van der Waals surface area contributed by atoms with E-state index < -0.39 is 0 Å². The van der Waals surface area contributed by atoms with E-state index in [4.69, 9.17) is 16.3 Å². The number of H-pyrrole nitrogens is 1. The SMILES string of the molecule is Cc1cnc(CSc2nc3ccc(Cl)cc3[nH]2)c(C)c1N1CCOCC1. The Morgan fingerprint density at radius 1 is 1.27 bits per heavy atom. The van der Waals surface area contributed by atoms with Crippen molar-refractivity contribution in [3.8, 4) is 0 Å². The maximum Gasteiger partial charge on any atom is 0.166 e. The number of nitrogens with one attached hydrogen (secondary N) is 1. The van der Waals surface area contributed by atoms with E-state index in [1.54, 1.807) is 11.8 Å². The van der Waals surface area contributed by atoms with E-state index in [0.29, 0.717) is 5.02 Å². The van der Waals surface area contributed by atoms with Crippen molar-refractivity contribution in [3.63, 3.8) is 0 Å². The Morgan fingerprint density at radius 2 is 2.08 bits per heavy atom. The molecule has 26 heavy (non-hydrogen) atoms. The lowest BCUT2D eigenvalue weighted by Crippen LogP contribution is -2.37. The van der Waals surface area contributed by atoms with E-state index in [9.17, 15) is 0 Å². The second-order valence-electron chi connectivity index (χ2n) is 6.45. The summed E-state index contributed by atoms with van der Waals surface area (Å²) >= 11 is 7.71. The molecule has 0 amide bonds. The molecular formula is C19H21ClN4OS. The number of fused-ring (bicyclic) bond motifs is 1. The smallest absolute Gasteiger partial charge is 0.166 e. The molecule has 136 valence electrons. The van der Waals surface area contributed by atoms with Crippen LogP contribution in [0.1, 0.15) is 16.8 Å². The van der Waals surface area contributed by atoms with Crippen molar-refractivity contribution in [2.24, 2.45) is 0 Å². The number of hydrogen-bond acceptors (Lipinski definition) is 5. The number of hydrogen-bond donors (Lipinski definition) is 1. The van der Waals surface area contributed by atoms with Gasteiger partial charge in [0, 0.05) is 35.7 Å². The molecule has 4 rings (SSSR count). The van der Waals surface area contributed by atoms with Gasteiger partial charge in [0.25, 0.3) is 0 Å². The van der Waals surface area contributed by atoms with Crippen LogP contribution < -0.4 is 4.90 Å². The predicted octanol–water partition coefficient (Wildman–Crippen LogP) is 4.36. The number of benzene rings is 1. The number of nitrogens with zero attached hydrogens (tertiary/aromatic N) is 3. The summed E-state index contributed by atoms with van der Waals surface area (Å²) in [6, 6.07) is 5.70. The van der Waals surface area contributed by atoms with Gasteiger partial charge in [0.2, 0.25) is 0 Å². The molecule has 0 radical (unpaired) electrons. The van der Waals surface area contributed by atoms with Gasteiger partial charge in [-0.05, 0) is 43.2 Å². The van der Waals surface area contributed by atoms with Gasteiger partial charge in [0.15, 0.2) is 5.16 Å². The summed E-state index contributed by atoms with van der Waals surface area (Å²) in [7, 11) is 0. The number of thioether (sulfide) groups is 1. The Morgan fingerprint density at radius 3 is 2.88 bits per heavy atom. The second-order valence-corrected chi connectivity index (χ2v) is 7.85. The normalized spacial score (nSPS) is 15.0. The molecule has 1 aliphatic rings. The number of ether oxygens (including phenoxy) is 1. The molecule has 0 unspecified atom stereocenters. The molecule has 1 fully saturated rings. The summed E-state index contributed by atoms with van der Waals surface area (Å²) in [6.07, 6.45) is 1.98. The minimum absolute atomic E-state index is 0.712. The molecule has 5 nitrogen and oxygen atoms in total. The summed E-state index contributed by atoms with van der Waals surface area (Å²) in [6.45, 7) is 7.73. The van der Waals surface area contributed by atoms with Gasteiger partial charge in [0.05, 0.1) is 29.9 Å². The van der Waals surface area contributed by atoms with Crippen LogP contribution >= 0.6 is 23.4 Å². The van der Waals surface area contributed by atoms with Crippen LogP contribution in [-0.4, -0.2) is 41.3 Å². The average molecular weight is 389 g/mol. The highest BCUT2D eigenvalue weighted by molar-refractivity contribution is 7.98. The van der Waals surface area contributed by atoms with Gasteiger partial charge < -0.3 is 14.6 Å². The molecule has 0 spiro atoms. The van der Waals surface area contributed by atoms with Crippen LogP contribution in [0.4, 0.5) is 5.69 Å². The fraction of sp³-hybridized carbons (Fsp3) is 0.368. The number of pyridine rings is 1. The third-order valence-electron chi connectivity index (χ3n) is 4.67. The van der Waals surface area contributed by atoms with E-state index in [0.717, 1.165) is 53.9 Å². The largest absolute Gasteiger partial charge is 0.378 e. The predicted molar refractivity (Wildman–Crippen MR) is 107 cm³/mol. The molecule has 1 aliphatic heterocycles. The minimum atomic E-state index is 0.712. The molecule has 1 aromatic carbocycles. The van der Waals surface area contributed by atoms with Crippen LogP contribution in [-0.2, 0) is 10.5 Å². The standard InChI is InChI=1S/C19H21ClN4OS/c1-12-10-21-17(13(2)18(12)24-5-7-25-8-6-24)11-26-19-22-15-4-3-14(20)9-16(15)23-19/h3-4,9-10H,5-8,11H2,1-2H3,(H,22,23). The van der Waals surface area contributed by atoms with Crippen LogP contribution in [0, 0.1) is 13.8 Å². The number of morpholine rings is 1. The Bertz CT molecular complexity index is 937. The molecule has 3 aromatic rings. The van der Waals surface area contributed by atoms with Crippen LogP contribution in [0.15, 0.2) is 29.6 Å². The van der Waals surface area contributed by atoms with Gasteiger partial charge in [-0.25, -0.2) is 4.98 Å². The van der Waals surface area contributed by atoms with Crippen molar-refractivity contribution >= 4 is 40.1 Å². The van der Waals surface area contributed by atoms with Crippen molar-refractivity contribution in [1.82, 2.24) is 15.0 Å². The zero-order valence-electron chi connectivity index (χ0n) is 14.9. The maximum atomic E-state index is 6.05. The third kappa shape index (κ3) is 3.54. The van der Waals surface area contributed by atoms with Crippen LogP contribution in [0.5, 0.6) is 0 Å². The number of rotatable bonds is 4. The molecule has 7 heteroatoms. The van der Waals surface area contributed by atoms with E-state index in [2.05, 4.69) is 33.7 Å². The van der Waals surface area contributed by atoms with Gasteiger partial charge in [-0.3, -0.25) is 4.98 Å². The van der Waals surface area contributed by atoms with Crippen LogP contribution in [0.3, 0.4) is 0 Å². The topological polar surface area (TPSA) is 54.0 Å². The summed E-state index contributed by atoms with van der Waals surface area (Å²) in [4.78, 5) is 15.0. The lowest BCUT2D eigenvalue weighted by Gasteiger charge is -2.32. The number of halogens is 1. The first-order valence-electron chi connectivity index (χ1n) is 8.67. The van der Waals surface area contributed by atoms with Crippen molar-refractivity contribution in [2.45, 2.75) is 24.8 Å². The summed E-state index contributed by atoms with van der Waals surface area (Å²) in [5, 5.41) is 1.60. The number of aromatic amines is 1. The molecule has 0 bridgehead atoms. The average Bonchev–Trinajstić information content (AvgIpc) is 3.04. The van der Waals surface area contributed by atoms with Crippen LogP contribution in [0.25, 0.3) is 11.0 Å². The van der Waals surface area contributed by atoms with E-state index in [1.165, 1.54) is 16.8 Å². The summed E-state index contributed by atoms with van der Waals surface area (Å²) < 4.78 is 5.49. The second kappa shape index (κ2) is 7.47. The molecule has 0 atom stereocenters. The van der Waals surface area contributed by atoms with Crippen LogP contribution in [0.2, 0.25) is 5.02 Å². The van der Waals surface area contributed by atoms with Crippen molar-refractivity contribution in [3.05, 3.63) is 46.2 Å². The Labute approximate surface area is 162 Å². The fourth-order valence-corrected chi connectivity index (χ4v) is 4.43. The maximum absolute atomic E-state index is 6.05. The lowest BCUT2D eigenvalue weighted by molar-refractivity contribution is 0.122. The Kier molecular flexibility index (Phi) is 5.07. The number of anilines is 1. The first-order valence-corrected chi connectivity index (χ1v) is 10.0. The Hall–Kier alpha value is -1.76. The van der Waals surface area contributed by atoms with Crippen molar-refractivity contribution in [2.75, 3.05) is 31.2 Å². The van der Waals surface area contributed by atoms with Gasteiger partial charge >= 0.3 is 0 Å². The first-order chi connectivity index (χ1) is 12.6. The molecule has 2 aromatic heterocycles. The van der Waals surface area contributed by atoms with Gasteiger partial charge in [-0.1, -0.05) is 23.4 Å². The molecule has 1 saturated heterocycles. The van der Waals surface area contributed by atoms with E-state index in [1.807, 2.05) is 24.4 Å². The van der Waals surface area contributed by atoms with Gasteiger partial charge in [-0.15, -0.1) is 0 Å². The number of aryl methyl sites for hydroxylation is 1. The van der Waals surface area contributed by atoms with Crippen molar-refractivity contribution in [1.29, 1.82) is 0 Å². The summed E-state index contributed by atoms with van der Waals surface area (Å²) in [5.74, 6) is 0.775. The molecule has 3 heterocycles. The lowest BCUT2D eigenvalue weighted by atomic mass is 10.1. The third-order valence-corrected chi connectivity index (χ3v) is 5.79. The fourth-order valence-electron chi connectivity index (χ4n) is 3.35. The minimum Gasteiger partial charge on any atom is -0.378 e. The van der Waals surface area contributed by atoms with Gasteiger partial charge in [-0.2, -0.15) is 0 Å². The highest BCUT2D eigenvalue weighted by Gasteiger charge is 2.18. The Balaban J connectivity index is 1.55. The quantitative estimate of drug-likeness (QED) is 0.673. The van der Waals surface area contributed by atoms with Crippen molar-refractivity contribution < 1.29 is 4.74 Å². The monoisotopic (exact) mass is 388 g/mol. The van der Waals surface area contributed by atoms with E-state index in [-0.39, 0.29) is 0 Å². The van der Waals surface area contributed by atoms with E-state index >= 15 is 0 Å². The zero-order valence-corrected chi connectivity index (χ0v) is 16.5. The molecule has 0 aliphatic carbocycles. The first kappa shape index (κ1) is 17.6. The molecule has 1 N–H and O–H groups in total. The van der Waals surface area contributed by atoms with Gasteiger partial charge in [0.1, 0.15) is 0 Å². The molecule has 0 saturated carbocycles. The molecular weight excluding hydrogens is 368 g/mol. The zero-order chi connectivity index (χ0) is 18.1. The highest BCUT2D eigenvalue weighted by Crippen LogP contribution is 2.31. The number of imidazole rings is 1. The number of aromatic nitrogens is 3. The summed E-state index contributed by atoms with van der Waals surface area (Å²) in [5.41, 5.74) is 6.76.